The number of fused-ring (bicyclic) bond motifs is 1. The van der Waals surface area contributed by atoms with Gasteiger partial charge in [0, 0.05) is 5.92 Å². The fourth-order valence-electron chi connectivity index (χ4n) is 1.90. The molecular weight excluding hydrogens is 190 g/mol. The fourth-order valence-corrected chi connectivity index (χ4v) is 1.90. The molecular formula is C12H13NO2. The first-order valence-corrected chi connectivity index (χ1v) is 5.38. The van der Waals surface area contributed by atoms with Crippen LogP contribution < -0.4 is 10.1 Å². The molecule has 1 atom stereocenters. The number of ketones is 1. The van der Waals surface area contributed by atoms with Crippen LogP contribution in [0.15, 0.2) is 24.3 Å². The van der Waals surface area contributed by atoms with Crippen molar-refractivity contribution in [1.29, 1.82) is 0 Å². The summed E-state index contributed by atoms with van der Waals surface area (Å²) in [4.78, 5) is 11.8. The van der Waals surface area contributed by atoms with E-state index in [2.05, 4.69) is 5.32 Å². The van der Waals surface area contributed by atoms with Gasteiger partial charge in [-0.15, -0.1) is 0 Å². The zero-order valence-electron chi connectivity index (χ0n) is 8.40. The summed E-state index contributed by atoms with van der Waals surface area (Å²) in [5.41, 5.74) is 0.984. The molecule has 1 fully saturated rings. The molecule has 2 aliphatic rings. The number of anilines is 1. The summed E-state index contributed by atoms with van der Waals surface area (Å²) in [6.07, 6.45) is 1.80. The van der Waals surface area contributed by atoms with Crippen LogP contribution >= 0.6 is 0 Å². The highest BCUT2D eigenvalue weighted by molar-refractivity contribution is 5.89. The third-order valence-electron chi connectivity index (χ3n) is 2.93. The third-order valence-corrected chi connectivity index (χ3v) is 2.93. The first kappa shape index (κ1) is 8.77. The number of ether oxygens (including phenoxy) is 1. The molecule has 1 heterocycles. The molecule has 1 aromatic carbocycles. The van der Waals surface area contributed by atoms with Crippen LogP contribution in [0, 0.1) is 5.92 Å². The van der Waals surface area contributed by atoms with Gasteiger partial charge >= 0.3 is 0 Å². The Morgan fingerprint density at radius 2 is 2.13 bits per heavy atom. The highest BCUT2D eigenvalue weighted by Gasteiger charge is 2.37. The summed E-state index contributed by atoms with van der Waals surface area (Å²) in [5, 5.41) is 3.23. The maximum absolute atomic E-state index is 11.8. The molecule has 1 aliphatic heterocycles. The van der Waals surface area contributed by atoms with Gasteiger partial charge in [-0.25, -0.2) is 0 Å². The van der Waals surface area contributed by atoms with Crippen LogP contribution in [0.1, 0.15) is 12.8 Å². The lowest BCUT2D eigenvalue weighted by Gasteiger charge is -2.26. The largest absolute Gasteiger partial charge is 0.479 e. The molecule has 1 aromatic rings. The van der Waals surface area contributed by atoms with Gasteiger partial charge in [0.25, 0.3) is 0 Å². The predicted molar refractivity (Wildman–Crippen MR) is 57.1 cm³/mol. The molecule has 3 rings (SSSR count). The Balaban J connectivity index is 1.79. The van der Waals surface area contributed by atoms with Crippen LogP contribution in [0.4, 0.5) is 5.69 Å². The molecule has 0 aromatic heterocycles. The van der Waals surface area contributed by atoms with Gasteiger partial charge in [-0.05, 0) is 25.0 Å². The van der Waals surface area contributed by atoms with E-state index < -0.39 is 0 Å². The number of para-hydroxylation sites is 2. The van der Waals surface area contributed by atoms with Gasteiger partial charge in [0.15, 0.2) is 11.9 Å². The van der Waals surface area contributed by atoms with Gasteiger partial charge in [0.1, 0.15) is 5.75 Å². The summed E-state index contributed by atoms with van der Waals surface area (Å²) in [5.74, 6) is 1.32. The summed E-state index contributed by atoms with van der Waals surface area (Å²) in [7, 11) is 0. The lowest BCUT2D eigenvalue weighted by Crippen LogP contribution is -2.38. The molecule has 15 heavy (non-hydrogen) atoms. The Kier molecular flexibility index (Phi) is 1.91. The van der Waals surface area contributed by atoms with Crippen LogP contribution in [0.2, 0.25) is 0 Å². The van der Waals surface area contributed by atoms with Gasteiger partial charge < -0.3 is 10.1 Å². The lowest BCUT2D eigenvalue weighted by atomic mass is 10.1. The zero-order chi connectivity index (χ0) is 10.3. The standard InChI is InChI=1S/C12H13NO2/c14-12(8-5-6-8)11-7-13-9-3-1-2-4-10(9)15-11/h1-4,8,11,13H,5-7H2. The summed E-state index contributed by atoms with van der Waals surface area (Å²) in [6, 6.07) is 7.74. The molecule has 0 spiro atoms. The van der Waals surface area contributed by atoms with Crippen LogP contribution in [0.25, 0.3) is 0 Å². The number of nitrogens with one attached hydrogen (secondary N) is 1. The maximum atomic E-state index is 11.8. The van der Waals surface area contributed by atoms with Crippen molar-refractivity contribution in [3.8, 4) is 5.75 Å². The minimum atomic E-state index is -0.285. The van der Waals surface area contributed by atoms with E-state index in [4.69, 9.17) is 4.74 Å². The number of carbonyl (C=O) groups excluding carboxylic acids is 1. The van der Waals surface area contributed by atoms with Gasteiger partial charge in [0.05, 0.1) is 12.2 Å². The minimum absolute atomic E-state index is 0.261. The molecule has 0 saturated heterocycles. The van der Waals surface area contributed by atoms with Crippen molar-refractivity contribution in [3.05, 3.63) is 24.3 Å². The quantitative estimate of drug-likeness (QED) is 0.797. The third kappa shape index (κ3) is 1.58. The lowest BCUT2D eigenvalue weighted by molar-refractivity contribution is -0.126. The van der Waals surface area contributed by atoms with Crippen LogP contribution in [0.3, 0.4) is 0 Å². The van der Waals surface area contributed by atoms with E-state index in [1.165, 1.54) is 0 Å². The van der Waals surface area contributed by atoms with Crippen molar-refractivity contribution < 1.29 is 9.53 Å². The van der Waals surface area contributed by atoms with Crippen molar-refractivity contribution in [3.63, 3.8) is 0 Å². The molecule has 1 saturated carbocycles. The van der Waals surface area contributed by atoms with E-state index in [1.54, 1.807) is 0 Å². The smallest absolute Gasteiger partial charge is 0.178 e. The van der Waals surface area contributed by atoms with Crippen molar-refractivity contribution in [1.82, 2.24) is 0 Å². The van der Waals surface area contributed by atoms with E-state index in [0.29, 0.717) is 6.54 Å². The number of rotatable bonds is 2. The molecule has 1 N–H and O–H groups in total. The normalized spacial score (nSPS) is 23.6. The number of benzene rings is 1. The average Bonchev–Trinajstić information content (AvgIpc) is 3.11. The van der Waals surface area contributed by atoms with Gasteiger partial charge in [-0.3, -0.25) is 4.79 Å². The van der Waals surface area contributed by atoms with Crippen molar-refractivity contribution >= 4 is 11.5 Å². The van der Waals surface area contributed by atoms with Gasteiger partial charge in [-0.1, -0.05) is 12.1 Å². The Morgan fingerprint density at radius 1 is 1.33 bits per heavy atom. The van der Waals surface area contributed by atoms with Crippen molar-refractivity contribution in [2.75, 3.05) is 11.9 Å². The summed E-state index contributed by atoms with van der Waals surface area (Å²) < 4.78 is 5.68. The van der Waals surface area contributed by atoms with Gasteiger partial charge in [0.2, 0.25) is 0 Å². The Morgan fingerprint density at radius 3 is 2.93 bits per heavy atom. The van der Waals surface area contributed by atoms with E-state index in [-0.39, 0.29) is 17.8 Å². The first-order valence-electron chi connectivity index (χ1n) is 5.38. The average molecular weight is 203 g/mol. The van der Waals surface area contributed by atoms with E-state index in [9.17, 15) is 4.79 Å². The Bertz CT molecular complexity index is 398. The number of carbonyl (C=O) groups is 1. The van der Waals surface area contributed by atoms with E-state index in [0.717, 1.165) is 24.3 Å². The van der Waals surface area contributed by atoms with Crippen molar-refractivity contribution in [2.45, 2.75) is 18.9 Å². The highest BCUT2D eigenvalue weighted by Crippen LogP contribution is 2.34. The monoisotopic (exact) mass is 203 g/mol. The second kappa shape index (κ2) is 3.26. The van der Waals surface area contributed by atoms with E-state index >= 15 is 0 Å². The first-order chi connectivity index (χ1) is 7.34. The highest BCUT2D eigenvalue weighted by atomic mass is 16.5. The Hall–Kier alpha value is -1.51. The number of hydrogen-bond acceptors (Lipinski definition) is 3. The molecule has 3 heteroatoms. The van der Waals surface area contributed by atoms with Crippen LogP contribution in [-0.4, -0.2) is 18.4 Å². The maximum Gasteiger partial charge on any atom is 0.178 e. The number of hydrogen-bond donors (Lipinski definition) is 1. The molecule has 0 bridgehead atoms. The van der Waals surface area contributed by atoms with Gasteiger partial charge in [-0.2, -0.15) is 0 Å². The number of Topliss-reactive ketones (excluding diaryl/α,β-unsaturated/α-hetero) is 1. The van der Waals surface area contributed by atoms with E-state index in [1.807, 2.05) is 24.3 Å². The van der Waals surface area contributed by atoms with Crippen molar-refractivity contribution in [2.24, 2.45) is 5.92 Å². The fraction of sp³-hybridized carbons (Fsp3) is 0.417. The topological polar surface area (TPSA) is 38.3 Å². The Labute approximate surface area is 88.4 Å². The molecule has 3 nitrogen and oxygen atoms in total. The predicted octanol–water partition coefficient (Wildman–Crippen LogP) is 1.84. The summed E-state index contributed by atoms with van der Waals surface area (Å²) in [6.45, 7) is 0.604. The molecule has 1 aliphatic carbocycles. The molecule has 78 valence electrons. The second-order valence-corrected chi connectivity index (χ2v) is 4.16. The molecule has 1 unspecified atom stereocenters. The second-order valence-electron chi connectivity index (χ2n) is 4.16. The van der Waals surface area contributed by atoms with Crippen LogP contribution in [0.5, 0.6) is 5.75 Å². The molecule has 0 amide bonds. The SMILES string of the molecule is O=C(C1CC1)C1CNc2ccccc2O1. The van der Waals surface area contributed by atoms with Crippen LogP contribution in [-0.2, 0) is 4.79 Å². The molecule has 0 radical (unpaired) electrons. The zero-order valence-corrected chi connectivity index (χ0v) is 8.40. The summed E-state index contributed by atoms with van der Waals surface area (Å²) >= 11 is 0. The minimum Gasteiger partial charge on any atom is -0.479 e.